The van der Waals surface area contributed by atoms with Crippen molar-refractivity contribution in [2.24, 2.45) is 4.99 Å². The zero-order valence-electron chi connectivity index (χ0n) is 19.4. The lowest BCUT2D eigenvalue weighted by molar-refractivity contribution is -0.136. The number of carbonyl (C=O) groups is 1. The summed E-state index contributed by atoms with van der Waals surface area (Å²) in [6.07, 6.45) is 1.73. The van der Waals surface area contributed by atoms with Crippen LogP contribution in [0.15, 0.2) is 63.5 Å². The van der Waals surface area contributed by atoms with Crippen molar-refractivity contribution in [3.63, 3.8) is 0 Å². The van der Waals surface area contributed by atoms with Crippen LogP contribution in [0.2, 0.25) is 0 Å². The number of hydrogen-bond donors (Lipinski definition) is 0. The molecular weight excluding hydrogens is 456 g/mol. The van der Waals surface area contributed by atoms with Crippen LogP contribution in [-0.2, 0) is 9.53 Å². The zero-order chi connectivity index (χ0) is 24.4. The molecule has 4 rings (SSSR count). The first-order chi connectivity index (χ1) is 16.4. The maximum absolute atomic E-state index is 13.7. The number of carbonyl (C=O) groups excluding carboxylic acids is 1. The van der Waals surface area contributed by atoms with E-state index in [1.165, 1.54) is 37.2 Å². The maximum Gasteiger partial charge on any atom is 0.338 e. The summed E-state index contributed by atoms with van der Waals surface area (Å²) in [4.78, 5) is 31.4. The highest BCUT2D eigenvalue weighted by atomic mass is 32.1. The van der Waals surface area contributed by atoms with Gasteiger partial charge in [0.2, 0.25) is 5.75 Å². The lowest BCUT2D eigenvalue weighted by Crippen LogP contribution is -2.39. The van der Waals surface area contributed by atoms with Gasteiger partial charge in [-0.2, -0.15) is 0 Å². The summed E-state index contributed by atoms with van der Waals surface area (Å²) < 4.78 is 23.4. The van der Waals surface area contributed by atoms with Gasteiger partial charge in [0.25, 0.3) is 5.56 Å². The molecule has 0 bridgehead atoms. The second-order valence-electron chi connectivity index (χ2n) is 7.41. The van der Waals surface area contributed by atoms with Crippen LogP contribution in [0.5, 0.6) is 17.2 Å². The molecule has 1 aromatic heterocycles. The molecule has 1 atom stereocenters. The van der Waals surface area contributed by atoms with Gasteiger partial charge in [-0.1, -0.05) is 41.7 Å². The number of allylic oxidation sites excluding steroid dienone is 1. The Morgan fingerprint density at radius 1 is 1.00 bits per heavy atom. The summed E-state index contributed by atoms with van der Waals surface area (Å²) in [5.74, 6) is 0.863. The first kappa shape index (κ1) is 23.3. The van der Waals surface area contributed by atoms with Crippen LogP contribution in [0.25, 0.3) is 6.08 Å². The highest BCUT2D eigenvalue weighted by Crippen LogP contribution is 2.40. The Morgan fingerprint density at radius 3 is 2.32 bits per heavy atom. The second kappa shape index (κ2) is 9.56. The molecule has 0 aliphatic carbocycles. The number of ether oxygens (including phenoxy) is 4. The number of nitrogens with zero attached hydrogens (tertiary/aromatic N) is 2. The molecule has 0 N–H and O–H groups in total. The minimum atomic E-state index is -0.653. The van der Waals surface area contributed by atoms with Crippen LogP contribution in [0.4, 0.5) is 0 Å². The third kappa shape index (κ3) is 3.88. The van der Waals surface area contributed by atoms with Gasteiger partial charge in [0.15, 0.2) is 16.3 Å². The Bertz CT molecular complexity index is 1450. The monoisotopic (exact) mass is 480 g/mol. The highest BCUT2D eigenvalue weighted by Gasteiger charge is 2.33. The molecule has 34 heavy (non-hydrogen) atoms. The lowest BCUT2D eigenvalue weighted by Gasteiger charge is -2.24. The van der Waals surface area contributed by atoms with Gasteiger partial charge in [-0.15, -0.1) is 0 Å². The first-order valence-electron chi connectivity index (χ1n) is 10.4. The summed E-state index contributed by atoms with van der Waals surface area (Å²) in [7, 11) is 5.91. The molecule has 2 aromatic carbocycles. The number of aromatic nitrogens is 1. The number of thiazole rings is 1. The van der Waals surface area contributed by atoms with Gasteiger partial charge in [0, 0.05) is 5.56 Å². The van der Waals surface area contributed by atoms with Crippen molar-refractivity contribution in [1.29, 1.82) is 0 Å². The predicted octanol–water partition coefficient (Wildman–Crippen LogP) is 2.43. The number of rotatable bonds is 6. The Hall–Kier alpha value is -3.85. The zero-order valence-corrected chi connectivity index (χ0v) is 20.3. The molecule has 8 nitrogen and oxygen atoms in total. The van der Waals surface area contributed by atoms with Crippen LogP contribution in [0, 0.1) is 0 Å². The first-order valence-corrected chi connectivity index (χ1v) is 11.2. The number of benzene rings is 2. The molecule has 9 heteroatoms. The quantitative estimate of drug-likeness (QED) is 0.504. The van der Waals surface area contributed by atoms with Crippen LogP contribution in [0.3, 0.4) is 0 Å². The molecule has 1 unspecified atom stereocenters. The van der Waals surface area contributed by atoms with Gasteiger partial charge in [-0.25, -0.2) is 9.79 Å². The minimum absolute atomic E-state index is 0.275. The van der Waals surface area contributed by atoms with E-state index in [-0.39, 0.29) is 5.56 Å². The molecule has 0 fully saturated rings. The van der Waals surface area contributed by atoms with Crippen molar-refractivity contribution in [1.82, 2.24) is 4.57 Å². The Balaban J connectivity index is 1.98. The van der Waals surface area contributed by atoms with Crippen molar-refractivity contribution in [2.75, 3.05) is 28.4 Å². The molecule has 0 amide bonds. The molecule has 2 heterocycles. The number of esters is 1. The van der Waals surface area contributed by atoms with Crippen molar-refractivity contribution in [2.45, 2.75) is 13.0 Å². The highest BCUT2D eigenvalue weighted by molar-refractivity contribution is 7.07. The van der Waals surface area contributed by atoms with Crippen LogP contribution < -0.4 is 29.1 Å². The summed E-state index contributed by atoms with van der Waals surface area (Å²) in [5.41, 5.74) is 2.00. The minimum Gasteiger partial charge on any atom is -0.493 e. The number of methoxy groups -OCH3 is 4. The van der Waals surface area contributed by atoms with Crippen LogP contribution >= 0.6 is 11.3 Å². The summed E-state index contributed by atoms with van der Waals surface area (Å²) in [6, 6.07) is 12.2. The number of hydrogen-bond acceptors (Lipinski definition) is 8. The topological polar surface area (TPSA) is 88.4 Å². The maximum atomic E-state index is 13.7. The van der Waals surface area contributed by atoms with E-state index in [0.29, 0.717) is 43.4 Å². The number of fused-ring (bicyclic) bond motifs is 1. The normalized spacial score (nSPS) is 15.4. The lowest BCUT2D eigenvalue weighted by atomic mass is 9.96. The third-order valence-corrected chi connectivity index (χ3v) is 6.55. The molecule has 0 radical (unpaired) electrons. The second-order valence-corrected chi connectivity index (χ2v) is 8.42. The summed E-state index contributed by atoms with van der Waals surface area (Å²) in [6.45, 7) is 1.75. The van der Waals surface area contributed by atoms with Crippen molar-refractivity contribution >= 4 is 23.4 Å². The molecule has 3 aromatic rings. The van der Waals surface area contributed by atoms with Crippen LogP contribution in [-0.4, -0.2) is 39.0 Å². The average Bonchev–Trinajstić information content (AvgIpc) is 3.16. The Labute approximate surface area is 200 Å². The van der Waals surface area contributed by atoms with E-state index >= 15 is 0 Å². The van der Waals surface area contributed by atoms with E-state index in [9.17, 15) is 9.59 Å². The fourth-order valence-electron chi connectivity index (χ4n) is 4.02. The van der Waals surface area contributed by atoms with Gasteiger partial charge >= 0.3 is 5.97 Å². The van der Waals surface area contributed by atoms with Gasteiger partial charge in [0.1, 0.15) is 0 Å². The Morgan fingerprint density at radius 2 is 1.71 bits per heavy atom. The fourth-order valence-corrected chi connectivity index (χ4v) is 5.06. The molecular formula is C25H24N2O6S. The Kier molecular flexibility index (Phi) is 6.56. The van der Waals surface area contributed by atoms with Crippen LogP contribution in [0.1, 0.15) is 24.1 Å². The average molecular weight is 481 g/mol. The van der Waals surface area contributed by atoms with Gasteiger partial charge in [-0.05, 0) is 30.7 Å². The molecule has 1 aliphatic rings. The van der Waals surface area contributed by atoms with Gasteiger partial charge in [-0.3, -0.25) is 9.36 Å². The van der Waals surface area contributed by atoms with E-state index in [1.54, 1.807) is 32.2 Å². The van der Waals surface area contributed by atoms with Crippen molar-refractivity contribution < 1.29 is 23.7 Å². The summed E-state index contributed by atoms with van der Waals surface area (Å²) >= 11 is 1.24. The van der Waals surface area contributed by atoms with E-state index in [1.807, 2.05) is 30.3 Å². The smallest absolute Gasteiger partial charge is 0.338 e. The molecule has 0 saturated carbocycles. The largest absolute Gasteiger partial charge is 0.493 e. The molecule has 176 valence electrons. The molecule has 0 saturated heterocycles. The fraction of sp³-hybridized carbons (Fsp3) is 0.240. The van der Waals surface area contributed by atoms with E-state index in [0.717, 1.165) is 5.56 Å². The van der Waals surface area contributed by atoms with E-state index in [4.69, 9.17) is 18.9 Å². The molecule has 1 aliphatic heterocycles. The third-order valence-electron chi connectivity index (χ3n) is 5.56. The van der Waals surface area contributed by atoms with Crippen molar-refractivity contribution in [3.8, 4) is 17.2 Å². The standard InChI is InChI=1S/C25H24N2O6S/c1-14-19(24(29)33-5)20(15-9-7-6-8-10-15)27-23(28)18(34-25(27)26-14)13-16-11-12-17(30-2)22(32-4)21(16)31-3/h6-13,20H,1-5H3/b18-13-. The van der Waals surface area contributed by atoms with E-state index in [2.05, 4.69) is 4.99 Å². The van der Waals surface area contributed by atoms with Crippen molar-refractivity contribution in [3.05, 3.63) is 84.5 Å². The van der Waals surface area contributed by atoms with E-state index < -0.39 is 12.0 Å². The predicted molar refractivity (Wildman–Crippen MR) is 128 cm³/mol. The van der Waals surface area contributed by atoms with Gasteiger partial charge in [0.05, 0.1) is 50.3 Å². The molecule has 0 spiro atoms. The SMILES string of the molecule is COC(=O)C1=C(C)N=c2s/c(=C\c3ccc(OC)c(OC)c3OC)c(=O)n2C1c1ccccc1. The van der Waals surface area contributed by atoms with Gasteiger partial charge < -0.3 is 18.9 Å². The summed E-state index contributed by atoms with van der Waals surface area (Å²) in [5, 5.41) is 0.